The SMILES string of the molecule is O=S(O)C1(OOC2(S(=O)O)CCCCC2)CCCCC1. The molecule has 0 aromatic rings. The highest BCUT2D eigenvalue weighted by atomic mass is 32.2. The van der Waals surface area contributed by atoms with E-state index in [1.807, 2.05) is 0 Å². The molecule has 0 aromatic carbocycles. The molecule has 0 saturated heterocycles. The Hall–Kier alpha value is 0.140. The molecule has 0 amide bonds. The second kappa shape index (κ2) is 6.93. The Morgan fingerprint density at radius 3 is 1.20 bits per heavy atom. The van der Waals surface area contributed by atoms with Crippen LogP contribution in [0.25, 0.3) is 0 Å². The second-order valence-electron chi connectivity index (χ2n) is 5.61. The van der Waals surface area contributed by atoms with Crippen LogP contribution < -0.4 is 0 Å². The molecule has 2 atom stereocenters. The quantitative estimate of drug-likeness (QED) is 0.458. The van der Waals surface area contributed by atoms with Gasteiger partial charge in [-0.1, -0.05) is 12.8 Å². The van der Waals surface area contributed by atoms with Crippen molar-refractivity contribution in [3.8, 4) is 0 Å². The molecule has 0 radical (unpaired) electrons. The summed E-state index contributed by atoms with van der Waals surface area (Å²) in [4.78, 5) is 8.17. The summed E-state index contributed by atoms with van der Waals surface area (Å²) in [5.41, 5.74) is 0. The molecule has 2 fully saturated rings. The monoisotopic (exact) mass is 326 g/mol. The summed E-state index contributed by atoms with van der Waals surface area (Å²) in [6, 6.07) is 0. The van der Waals surface area contributed by atoms with E-state index in [1.54, 1.807) is 0 Å². The van der Waals surface area contributed by atoms with Crippen LogP contribution in [0.15, 0.2) is 0 Å². The molecular weight excluding hydrogens is 304 g/mol. The first-order chi connectivity index (χ1) is 9.51. The fourth-order valence-corrected chi connectivity index (χ4v) is 4.37. The van der Waals surface area contributed by atoms with E-state index < -0.39 is 32.0 Å². The zero-order chi connectivity index (χ0) is 14.6. The lowest BCUT2D eigenvalue weighted by molar-refractivity contribution is -0.382. The predicted molar refractivity (Wildman–Crippen MR) is 75.3 cm³/mol. The van der Waals surface area contributed by atoms with Crippen molar-refractivity contribution in [3.05, 3.63) is 0 Å². The molecule has 6 nitrogen and oxygen atoms in total. The fourth-order valence-electron chi connectivity index (χ4n) is 2.91. The highest BCUT2D eigenvalue weighted by Crippen LogP contribution is 2.39. The van der Waals surface area contributed by atoms with Crippen LogP contribution in [-0.4, -0.2) is 27.4 Å². The number of rotatable bonds is 5. The lowest BCUT2D eigenvalue weighted by Gasteiger charge is -2.38. The maximum atomic E-state index is 11.6. The van der Waals surface area contributed by atoms with Gasteiger partial charge in [0, 0.05) is 0 Å². The van der Waals surface area contributed by atoms with Gasteiger partial charge < -0.3 is 9.11 Å². The minimum Gasteiger partial charge on any atom is -0.304 e. The first-order valence-electron chi connectivity index (χ1n) is 7.10. The highest BCUT2D eigenvalue weighted by molar-refractivity contribution is 7.80. The summed E-state index contributed by atoms with van der Waals surface area (Å²) in [7, 11) is 0. The van der Waals surface area contributed by atoms with E-state index in [-0.39, 0.29) is 0 Å². The van der Waals surface area contributed by atoms with Gasteiger partial charge in [0.25, 0.3) is 0 Å². The average molecular weight is 326 g/mol. The van der Waals surface area contributed by atoms with Crippen molar-refractivity contribution in [3.63, 3.8) is 0 Å². The molecule has 8 heteroatoms. The van der Waals surface area contributed by atoms with E-state index in [4.69, 9.17) is 9.78 Å². The van der Waals surface area contributed by atoms with E-state index in [0.29, 0.717) is 25.7 Å². The zero-order valence-electron chi connectivity index (χ0n) is 11.4. The molecule has 2 unspecified atom stereocenters. The minimum atomic E-state index is -2.17. The van der Waals surface area contributed by atoms with Gasteiger partial charge in [0.15, 0.2) is 22.2 Å². The number of hydrogen-bond acceptors (Lipinski definition) is 4. The largest absolute Gasteiger partial charge is 0.304 e. The summed E-state index contributed by atoms with van der Waals surface area (Å²) in [6.45, 7) is 0. The molecular formula is C12H22O6S2. The van der Waals surface area contributed by atoms with Crippen LogP contribution in [0.3, 0.4) is 0 Å². The Morgan fingerprint density at radius 2 is 0.950 bits per heavy atom. The minimum absolute atomic E-state index is 0.435. The maximum Gasteiger partial charge on any atom is 0.203 e. The summed E-state index contributed by atoms with van der Waals surface area (Å²) >= 11 is -4.35. The van der Waals surface area contributed by atoms with Gasteiger partial charge in [-0.2, -0.15) is 0 Å². The van der Waals surface area contributed by atoms with Gasteiger partial charge in [0.1, 0.15) is 0 Å². The molecule has 2 N–H and O–H groups in total. The smallest absolute Gasteiger partial charge is 0.203 e. The second-order valence-corrected chi connectivity index (χ2v) is 8.09. The summed E-state index contributed by atoms with van der Waals surface area (Å²) in [5, 5.41) is 0. The van der Waals surface area contributed by atoms with Crippen molar-refractivity contribution in [2.45, 2.75) is 74.1 Å². The van der Waals surface area contributed by atoms with E-state index >= 15 is 0 Å². The lowest BCUT2D eigenvalue weighted by atomic mass is 9.97. The van der Waals surface area contributed by atoms with Crippen LogP contribution in [0, 0.1) is 0 Å². The van der Waals surface area contributed by atoms with Crippen molar-refractivity contribution in [1.29, 1.82) is 0 Å². The molecule has 0 spiro atoms. The van der Waals surface area contributed by atoms with Crippen molar-refractivity contribution in [2.24, 2.45) is 0 Å². The van der Waals surface area contributed by atoms with Gasteiger partial charge in [-0.05, 0) is 51.4 Å². The average Bonchev–Trinajstić information content (AvgIpc) is 2.47. The van der Waals surface area contributed by atoms with Crippen molar-refractivity contribution >= 4 is 22.2 Å². The molecule has 118 valence electrons. The predicted octanol–water partition coefficient (Wildman–Crippen LogP) is 2.70. The third-order valence-electron chi connectivity index (χ3n) is 4.21. The van der Waals surface area contributed by atoms with Crippen LogP contribution >= 0.6 is 0 Å². The summed E-state index contributed by atoms with van der Waals surface area (Å²) in [5.74, 6) is 0. The molecule has 2 aliphatic rings. The Bertz CT molecular complexity index is 338. The standard InChI is InChI=1S/C12H22O6S2/c13-19(14)11(7-3-1-4-8-11)17-18-12(20(15)16)9-5-2-6-10-12/h1-10H2,(H,13,14)(H,15,16). The first kappa shape index (κ1) is 16.5. The third-order valence-corrected chi connectivity index (χ3v) is 6.44. The Balaban J connectivity index is 2.07. The molecule has 0 aromatic heterocycles. The molecule has 2 aliphatic carbocycles. The van der Waals surface area contributed by atoms with Crippen molar-refractivity contribution in [2.75, 3.05) is 0 Å². The van der Waals surface area contributed by atoms with Gasteiger partial charge in [-0.15, -0.1) is 0 Å². The Morgan fingerprint density at radius 1 is 0.650 bits per heavy atom. The van der Waals surface area contributed by atoms with Crippen LogP contribution in [0.5, 0.6) is 0 Å². The molecule has 0 heterocycles. The summed E-state index contributed by atoms with van der Waals surface area (Å²) < 4.78 is 42.2. The van der Waals surface area contributed by atoms with Crippen LogP contribution in [0.1, 0.15) is 64.2 Å². The normalized spacial score (nSPS) is 28.7. The first-order valence-corrected chi connectivity index (χ1v) is 9.31. The molecule has 20 heavy (non-hydrogen) atoms. The third kappa shape index (κ3) is 3.48. The zero-order valence-corrected chi connectivity index (χ0v) is 13.0. The van der Waals surface area contributed by atoms with Crippen LogP contribution in [0.4, 0.5) is 0 Å². The maximum absolute atomic E-state index is 11.6. The van der Waals surface area contributed by atoms with E-state index in [0.717, 1.165) is 38.5 Å². The molecule has 0 aliphatic heterocycles. The van der Waals surface area contributed by atoms with E-state index in [9.17, 15) is 17.5 Å². The Kier molecular flexibility index (Phi) is 5.72. The van der Waals surface area contributed by atoms with Gasteiger partial charge >= 0.3 is 0 Å². The number of hydrogen-bond donors (Lipinski definition) is 2. The van der Waals surface area contributed by atoms with E-state index in [2.05, 4.69) is 0 Å². The van der Waals surface area contributed by atoms with Crippen molar-refractivity contribution < 1.29 is 27.3 Å². The Labute approximate surface area is 124 Å². The molecule has 0 bridgehead atoms. The topological polar surface area (TPSA) is 93.1 Å². The molecule has 2 rings (SSSR count). The summed E-state index contributed by atoms with van der Waals surface area (Å²) in [6.07, 6.45) is 6.92. The van der Waals surface area contributed by atoms with Gasteiger partial charge in [0.05, 0.1) is 0 Å². The van der Waals surface area contributed by atoms with Gasteiger partial charge in [0.2, 0.25) is 9.87 Å². The van der Waals surface area contributed by atoms with Crippen LogP contribution in [-0.2, 0) is 31.9 Å². The van der Waals surface area contributed by atoms with Crippen LogP contribution in [0.2, 0.25) is 0 Å². The van der Waals surface area contributed by atoms with Crippen molar-refractivity contribution in [1.82, 2.24) is 0 Å². The van der Waals surface area contributed by atoms with Gasteiger partial charge in [-0.25, -0.2) is 18.2 Å². The lowest BCUT2D eigenvalue weighted by Crippen LogP contribution is -2.46. The van der Waals surface area contributed by atoms with Gasteiger partial charge in [-0.3, -0.25) is 0 Å². The highest BCUT2D eigenvalue weighted by Gasteiger charge is 2.47. The molecule has 2 saturated carbocycles. The van der Waals surface area contributed by atoms with E-state index in [1.165, 1.54) is 0 Å². The fraction of sp³-hybridized carbons (Fsp3) is 1.00.